The Hall–Kier alpha value is -2.18. The third kappa shape index (κ3) is 5.18. The number of methoxy groups -OCH3 is 1. The smallest absolute Gasteiger partial charge is 0.222 e. The third-order valence-electron chi connectivity index (χ3n) is 7.03. The molecule has 4 rings (SSSR count). The van der Waals surface area contributed by atoms with E-state index < -0.39 is 0 Å². The van der Waals surface area contributed by atoms with Gasteiger partial charge >= 0.3 is 0 Å². The molecule has 0 radical (unpaired) electrons. The molecule has 1 aliphatic carbocycles. The molecule has 31 heavy (non-hydrogen) atoms. The van der Waals surface area contributed by atoms with Crippen LogP contribution in [0.1, 0.15) is 63.2 Å². The summed E-state index contributed by atoms with van der Waals surface area (Å²) in [5.74, 6) is 1.08. The van der Waals surface area contributed by atoms with Crippen LogP contribution in [-0.2, 0) is 20.8 Å². The van der Waals surface area contributed by atoms with Gasteiger partial charge in [0, 0.05) is 43.8 Å². The zero-order valence-electron chi connectivity index (χ0n) is 18.9. The maximum Gasteiger partial charge on any atom is 0.222 e. The lowest BCUT2D eigenvalue weighted by molar-refractivity contribution is -0.154. The molecule has 2 aliphatic rings. The molecule has 1 amide bonds. The fraction of sp³-hybridized carbons (Fsp3) is 0.600. The van der Waals surface area contributed by atoms with E-state index in [4.69, 9.17) is 9.47 Å². The molecule has 1 N–H and O–H groups in total. The average molecular weight is 426 g/mol. The lowest BCUT2D eigenvalue weighted by Gasteiger charge is -2.52. The van der Waals surface area contributed by atoms with E-state index in [9.17, 15) is 4.79 Å². The number of carbonyl (C=O) groups excluding carboxylic acids is 1. The number of hydrogen-bond donors (Lipinski definition) is 1. The minimum absolute atomic E-state index is 0.0157. The Morgan fingerprint density at radius 1 is 1.32 bits per heavy atom. The van der Waals surface area contributed by atoms with Gasteiger partial charge in [-0.25, -0.2) is 0 Å². The van der Waals surface area contributed by atoms with Gasteiger partial charge in [0.15, 0.2) is 0 Å². The molecule has 6 nitrogen and oxygen atoms in total. The molecule has 0 unspecified atom stereocenters. The monoisotopic (exact) mass is 425 g/mol. The summed E-state index contributed by atoms with van der Waals surface area (Å²) < 4.78 is 13.7. The van der Waals surface area contributed by atoms with E-state index in [1.165, 1.54) is 17.5 Å². The quantitative estimate of drug-likeness (QED) is 0.725. The van der Waals surface area contributed by atoms with Crippen LogP contribution < -0.4 is 5.32 Å². The number of carbonyl (C=O) groups is 1. The minimum Gasteiger partial charge on any atom is -0.384 e. The van der Waals surface area contributed by atoms with E-state index in [0.717, 1.165) is 25.8 Å². The van der Waals surface area contributed by atoms with Crippen molar-refractivity contribution < 1.29 is 14.3 Å². The maximum atomic E-state index is 12.6. The largest absolute Gasteiger partial charge is 0.384 e. The Morgan fingerprint density at radius 2 is 2.13 bits per heavy atom. The van der Waals surface area contributed by atoms with Gasteiger partial charge in [-0.1, -0.05) is 37.6 Å². The summed E-state index contributed by atoms with van der Waals surface area (Å²) in [6, 6.07) is 10.6. The van der Waals surface area contributed by atoms with Gasteiger partial charge in [-0.2, -0.15) is 5.10 Å². The van der Waals surface area contributed by atoms with Crippen LogP contribution in [0.4, 0.5) is 0 Å². The molecular formula is C25H35N3O3. The van der Waals surface area contributed by atoms with Gasteiger partial charge in [0.2, 0.25) is 5.91 Å². The number of amides is 1. The van der Waals surface area contributed by atoms with E-state index in [1.54, 1.807) is 13.3 Å². The van der Waals surface area contributed by atoms with Crippen LogP contribution in [-0.4, -0.2) is 41.0 Å². The Kier molecular flexibility index (Phi) is 6.77. The van der Waals surface area contributed by atoms with Crippen LogP contribution in [0, 0.1) is 11.8 Å². The van der Waals surface area contributed by atoms with Gasteiger partial charge in [-0.05, 0) is 42.9 Å². The zero-order chi connectivity index (χ0) is 21.8. The van der Waals surface area contributed by atoms with E-state index in [1.807, 2.05) is 16.9 Å². The van der Waals surface area contributed by atoms with Crippen molar-refractivity contribution in [2.75, 3.05) is 13.7 Å². The summed E-state index contributed by atoms with van der Waals surface area (Å²) in [4.78, 5) is 12.6. The minimum atomic E-state index is -0.272. The molecule has 0 bridgehead atoms. The van der Waals surface area contributed by atoms with E-state index in [0.29, 0.717) is 24.9 Å². The number of hydrogen-bond acceptors (Lipinski definition) is 4. The van der Waals surface area contributed by atoms with Gasteiger partial charge in [0.05, 0.1) is 25.4 Å². The second-order valence-electron chi connectivity index (χ2n) is 9.55. The number of aromatic nitrogens is 2. The molecule has 168 valence electrons. The first-order valence-electron chi connectivity index (χ1n) is 11.5. The zero-order valence-corrected chi connectivity index (χ0v) is 18.9. The summed E-state index contributed by atoms with van der Waals surface area (Å²) in [7, 11) is 1.63. The highest BCUT2D eigenvalue weighted by Gasteiger charge is 2.49. The number of rotatable bonds is 7. The number of benzene rings is 1. The van der Waals surface area contributed by atoms with Crippen molar-refractivity contribution in [2.45, 2.75) is 70.2 Å². The Balaban J connectivity index is 1.51. The first kappa shape index (κ1) is 22.0. The molecule has 2 heterocycles. The molecule has 6 heteroatoms. The fourth-order valence-corrected chi connectivity index (χ4v) is 5.34. The van der Waals surface area contributed by atoms with Crippen molar-refractivity contribution in [1.29, 1.82) is 0 Å². The Bertz CT molecular complexity index is 851. The molecule has 1 aromatic heterocycles. The highest BCUT2D eigenvalue weighted by molar-refractivity contribution is 5.77. The molecule has 1 aromatic carbocycles. The standard InChI is InChI=1S/C25H35N3O3/c1-18-5-10-21-22(15-18)31-23(16-25(21,2)27-24(29)11-14-30-3)20-8-6-19(7-9-20)17-28-13-4-12-26-28/h4,6-9,12-13,18,21-23H,5,10-11,14-17H2,1-3H3,(H,27,29)/t18-,21-,22-,23-,25-/m1/s1. The number of nitrogens with zero attached hydrogens (tertiary/aromatic N) is 2. The number of ether oxygens (including phenoxy) is 2. The van der Waals surface area contributed by atoms with Crippen molar-refractivity contribution >= 4 is 5.91 Å². The molecule has 5 atom stereocenters. The van der Waals surface area contributed by atoms with Gasteiger partial charge in [-0.3, -0.25) is 9.48 Å². The van der Waals surface area contributed by atoms with Crippen LogP contribution in [0.2, 0.25) is 0 Å². The lowest BCUT2D eigenvalue weighted by atomic mass is 9.66. The Morgan fingerprint density at radius 3 is 2.84 bits per heavy atom. The van der Waals surface area contributed by atoms with Crippen LogP contribution in [0.3, 0.4) is 0 Å². The average Bonchev–Trinajstić information content (AvgIpc) is 3.25. The number of fused-ring (bicyclic) bond motifs is 1. The first-order valence-corrected chi connectivity index (χ1v) is 11.5. The van der Waals surface area contributed by atoms with Gasteiger partial charge < -0.3 is 14.8 Å². The van der Waals surface area contributed by atoms with Crippen molar-refractivity contribution in [3.8, 4) is 0 Å². The highest BCUT2D eigenvalue weighted by Crippen LogP contribution is 2.47. The molecule has 2 aromatic rings. The van der Waals surface area contributed by atoms with Crippen molar-refractivity contribution in [3.05, 3.63) is 53.9 Å². The predicted octanol–water partition coefficient (Wildman–Crippen LogP) is 4.11. The summed E-state index contributed by atoms with van der Waals surface area (Å²) in [6.07, 6.45) is 8.48. The SMILES string of the molecule is COCCC(=O)N[C@]1(C)C[C@H](c2ccc(Cn3cccn3)cc2)O[C@@H]2C[C@H](C)CC[C@H]21. The third-order valence-corrected chi connectivity index (χ3v) is 7.03. The van der Waals surface area contributed by atoms with Crippen molar-refractivity contribution in [1.82, 2.24) is 15.1 Å². The second-order valence-corrected chi connectivity index (χ2v) is 9.55. The van der Waals surface area contributed by atoms with Crippen LogP contribution in [0.15, 0.2) is 42.7 Å². The summed E-state index contributed by atoms with van der Waals surface area (Å²) in [5, 5.41) is 7.66. The lowest BCUT2D eigenvalue weighted by Crippen LogP contribution is -2.60. The van der Waals surface area contributed by atoms with Gasteiger partial charge in [0.1, 0.15) is 0 Å². The Labute approximate surface area is 185 Å². The fourth-order valence-electron chi connectivity index (χ4n) is 5.34. The first-order chi connectivity index (χ1) is 15.0. The summed E-state index contributed by atoms with van der Waals surface area (Å²) in [5.41, 5.74) is 2.12. The van der Waals surface area contributed by atoms with Crippen LogP contribution in [0.5, 0.6) is 0 Å². The second kappa shape index (κ2) is 9.53. The topological polar surface area (TPSA) is 65.4 Å². The molecule has 1 saturated heterocycles. The highest BCUT2D eigenvalue weighted by atomic mass is 16.5. The number of nitrogens with one attached hydrogen (secondary N) is 1. The van der Waals surface area contributed by atoms with Crippen molar-refractivity contribution in [2.24, 2.45) is 11.8 Å². The molecular weight excluding hydrogens is 390 g/mol. The van der Waals surface area contributed by atoms with Crippen LogP contribution >= 0.6 is 0 Å². The van der Waals surface area contributed by atoms with E-state index in [-0.39, 0.29) is 23.7 Å². The van der Waals surface area contributed by atoms with Crippen LogP contribution in [0.25, 0.3) is 0 Å². The summed E-state index contributed by atoms with van der Waals surface area (Å²) in [6.45, 7) is 5.73. The molecule has 1 saturated carbocycles. The van der Waals surface area contributed by atoms with Gasteiger partial charge in [0.25, 0.3) is 0 Å². The van der Waals surface area contributed by atoms with Gasteiger partial charge in [-0.15, -0.1) is 0 Å². The molecule has 2 fully saturated rings. The maximum absolute atomic E-state index is 12.6. The van der Waals surface area contributed by atoms with E-state index in [2.05, 4.69) is 48.5 Å². The molecule has 1 aliphatic heterocycles. The summed E-state index contributed by atoms with van der Waals surface area (Å²) >= 11 is 0. The molecule has 0 spiro atoms. The predicted molar refractivity (Wildman–Crippen MR) is 120 cm³/mol. The van der Waals surface area contributed by atoms with Crippen molar-refractivity contribution in [3.63, 3.8) is 0 Å². The van der Waals surface area contributed by atoms with E-state index >= 15 is 0 Å². The normalized spacial score (nSPS) is 30.5.